The number of carbonyl (C=O) groups excluding carboxylic acids is 1. The molecule has 0 spiro atoms. The molecule has 70 valence electrons. The lowest BCUT2D eigenvalue weighted by Crippen LogP contribution is -2.50. The van der Waals surface area contributed by atoms with Gasteiger partial charge in [0.2, 0.25) is 5.91 Å². The summed E-state index contributed by atoms with van der Waals surface area (Å²) in [4.78, 5) is 11.1. The van der Waals surface area contributed by atoms with Crippen LogP contribution < -0.4 is 11.5 Å². The zero-order valence-electron chi connectivity index (χ0n) is 7.03. The molecule has 1 atom stereocenters. The minimum absolute atomic E-state index is 0.0215. The first kappa shape index (κ1) is 10.0. The third-order valence-electron chi connectivity index (χ3n) is 1.94. The van der Waals surface area contributed by atoms with Crippen LogP contribution in [-0.4, -0.2) is 11.8 Å². The summed E-state index contributed by atoms with van der Waals surface area (Å²) in [6.45, 7) is 0. The lowest BCUT2D eigenvalue weighted by molar-refractivity contribution is -0.122. The van der Waals surface area contributed by atoms with Crippen molar-refractivity contribution in [2.75, 3.05) is 5.88 Å². The molecule has 0 aromatic heterocycles. The van der Waals surface area contributed by atoms with Gasteiger partial charge in [-0.05, 0) is 5.56 Å². The average Bonchev–Trinajstić information content (AvgIpc) is 2.17. The number of rotatable bonds is 3. The monoisotopic (exact) mass is 198 g/mol. The first-order valence-electron chi connectivity index (χ1n) is 3.81. The standard InChI is InChI=1S/C9H11ClN2O/c10-6-9(12,8(11)13)7-4-2-1-3-5-7/h1-5H,6,12H2,(H2,11,13). The number of benzene rings is 1. The Labute approximate surface area is 81.7 Å². The zero-order valence-corrected chi connectivity index (χ0v) is 7.79. The summed E-state index contributed by atoms with van der Waals surface area (Å²) >= 11 is 5.61. The van der Waals surface area contributed by atoms with Gasteiger partial charge in [0.25, 0.3) is 0 Å². The number of hydrogen-bond donors (Lipinski definition) is 2. The van der Waals surface area contributed by atoms with Gasteiger partial charge in [0.15, 0.2) is 0 Å². The minimum Gasteiger partial charge on any atom is -0.368 e. The Morgan fingerprint density at radius 1 is 1.38 bits per heavy atom. The van der Waals surface area contributed by atoms with Crippen molar-refractivity contribution in [3.05, 3.63) is 35.9 Å². The molecule has 3 nitrogen and oxygen atoms in total. The minimum atomic E-state index is -1.26. The largest absolute Gasteiger partial charge is 0.368 e. The van der Waals surface area contributed by atoms with Gasteiger partial charge in [-0.25, -0.2) is 0 Å². The zero-order chi connectivity index (χ0) is 9.90. The SMILES string of the molecule is NC(=O)C(N)(CCl)c1ccccc1. The summed E-state index contributed by atoms with van der Waals surface area (Å²) < 4.78 is 0. The summed E-state index contributed by atoms with van der Waals surface area (Å²) in [7, 11) is 0. The Kier molecular flexibility index (Phi) is 2.90. The van der Waals surface area contributed by atoms with Crippen molar-refractivity contribution in [2.24, 2.45) is 11.5 Å². The van der Waals surface area contributed by atoms with E-state index in [-0.39, 0.29) is 5.88 Å². The summed E-state index contributed by atoms with van der Waals surface area (Å²) in [5.74, 6) is -0.638. The molecule has 4 N–H and O–H groups in total. The number of nitrogens with two attached hydrogens (primary N) is 2. The highest BCUT2D eigenvalue weighted by Gasteiger charge is 2.32. The number of carbonyl (C=O) groups is 1. The molecular weight excluding hydrogens is 188 g/mol. The third kappa shape index (κ3) is 1.82. The molecule has 13 heavy (non-hydrogen) atoms. The van der Waals surface area contributed by atoms with E-state index in [4.69, 9.17) is 23.1 Å². The molecular formula is C9H11ClN2O. The van der Waals surface area contributed by atoms with Crippen LogP contribution in [0.15, 0.2) is 30.3 Å². The molecule has 4 heteroatoms. The molecule has 0 saturated heterocycles. The maximum absolute atomic E-state index is 11.1. The van der Waals surface area contributed by atoms with Crippen LogP contribution in [0.25, 0.3) is 0 Å². The topological polar surface area (TPSA) is 69.1 Å². The Hall–Kier alpha value is -1.06. The summed E-state index contributed by atoms with van der Waals surface area (Å²) in [5, 5.41) is 0. The molecule has 0 aliphatic carbocycles. The average molecular weight is 199 g/mol. The van der Waals surface area contributed by atoms with E-state index in [2.05, 4.69) is 0 Å². The van der Waals surface area contributed by atoms with E-state index < -0.39 is 11.4 Å². The molecule has 0 aliphatic heterocycles. The first-order valence-corrected chi connectivity index (χ1v) is 4.35. The molecule has 0 fully saturated rings. The fourth-order valence-electron chi connectivity index (χ4n) is 1.02. The van der Waals surface area contributed by atoms with Crippen LogP contribution in [0.1, 0.15) is 5.56 Å². The lowest BCUT2D eigenvalue weighted by atomic mass is 9.92. The highest BCUT2D eigenvalue weighted by atomic mass is 35.5. The van der Waals surface area contributed by atoms with E-state index in [1.54, 1.807) is 24.3 Å². The number of hydrogen-bond acceptors (Lipinski definition) is 2. The van der Waals surface area contributed by atoms with Crippen LogP contribution in [-0.2, 0) is 10.3 Å². The Morgan fingerprint density at radius 3 is 2.31 bits per heavy atom. The summed E-state index contributed by atoms with van der Waals surface area (Å²) in [6.07, 6.45) is 0. The molecule has 0 radical (unpaired) electrons. The van der Waals surface area contributed by atoms with Crippen molar-refractivity contribution >= 4 is 17.5 Å². The normalized spacial score (nSPS) is 14.9. The lowest BCUT2D eigenvalue weighted by Gasteiger charge is -2.23. The van der Waals surface area contributed by atoms with Crippen molar-refractivity contribution in [1.29, 1.82) is 0 Å². The smallest absolute Gasteiger partial charge is 0.243 e. The third-order valence-corrected chi connectivity index (χ3v) is 2.36. The molecule has 1 aromatic carbocycles. The highest BCUT2D eigenvalue weighted by molar-refractivity contribution is 6.20. The number of halogens is 1. The van der Waals surface area contributed by atoms with E-state index in [9.17, 15) is 4.79 Å². The summed E-state index contributed by atoms with van der Waals surface area (Å²) in [5.41, 5.74) is 10.3. The van der Waals surface area contributed by atoms with Crippen LogP contribution in [0, 0.1) is 0 Å². The number of primary amides is 1. The quantitative estimate of drug-likeness (QED) is 0.697. The molecule has 0 heterocycles. The van der Waals surface area contributed by atoms with Gasteiger partial charge < -0.3 is 11.5 Å². The van der Waals surface area contributed by atoms with Gasteiger partial charge in [-0.2, -0.15) is 0 Å². The molecule has 1 amide bonds. The number of alkyl halides is 1. The number of amides is 1. The fraction of sp³-hybridized carbons (Fsp3) is 0.222. The van der Waals surface area contributed by atoms with Crippen molar-refractivity contribution in [3.63, 3.8) is 0 Å². The molecule has 0 bridgehead atoms. The molecule has 0 saturated carbocycles. The summed E-state index contributed by atoms with van der Waals surface area (Å²) in [6, 6.07) is 8.86. The van der Waals surface area contributed by atoms with Crippen LogP contribution in [0.4, 0.5) is 0 Å². The molecule has 1 unspecified atom stereocenters. The maximum atomic E-state index is 11.1. The second-order valence-corrected chi connectivity index (χ2v) is 3.10. The van der Waals surface area contributed by atoms with E-state index in [1.165, 1.54) is 0 Å². The molecule has 0 aliphatic rings. The van der Waals surface area contributed by atoms with Gasteiger partial charge >= 0.3 is 0 Å². The second kappa shape index (κ2) is 3.77. The molecule has 1 aromatic rings. The van der Waals surface area contributed by atoms with Gasteiger partial charge in [-0.1, -0.05) is 30.3 Å². The van der Waals surface area contributed by atoms with Crippen molar-refractivity contribution in [2.45, 2.75) is 5.54 Å². The van der Waals surface area contributed by atoms with Crippen LogP contribution in [0.5, 0.6) is 0 Å². The van der Waals surface area contributed by atoms with E-state index in [0.29, 0.717) is 5.56 Å². The van der Waals surface area contributed by atoms with Crippen LogP contribution in [0.2, 0.25) is 0 Å². The Bertz CT molecular complexity index is 302. The van der Waals surface area contributed by atoms with Crippen LogP contribution >= 0.6 is 11.6 Å². The van der Waals surface area contributed by atoms with Crippen molar-refractivity contribution in [3.8, 4) is 0 Å². The van der Waals surface area contributed by atoms with Crippen molar-refractivity contribution in [1.82, 2.24) is 0 Å². The van der Waals surface area contributed by atoms with E-state index in [1.807, 2.05) is 6.07 Å². The van der Waals surface area contributed by atoms with Crippen LogP contribution in [0.3, 0.4) is 0 Å². The first-order chi connectivity index (χ1) is 6.11. The van der Waals surface area contributed by atoms with E-state index >= 15 is 0 Å². The van der Waals surface area contributed by atoms with E-state index in [0.717, 1.165) is 0 Å². The fourth-order valence-corrected chi connectivity index (χ4v) is 1.31. The predicted molar refractivity (Wildman–Crippen MR) is 52.2 cm³/mol. The Morgan fingerprint density at radius 2 is 1.92 bits per heavy atom. The van der Waals surface area contributed by atoms with Gasteiger partial charge in [0.1, 0.15) is 5.54 Å². The van der Waals surface area contributed by atoms with Gasteiger partial charge in [-0.3, -0.25) is 4.79 Å². The van der Waals surface area contributed by atoms with Gasteiger partial charge in [0.05, 0.1) is 5.88 Å². The predicted octanol–water partition coefficient (Wildman–Crippen LogP) is 0.565. The van der Waals surface area contributed by atoms with Crippen molar-refractivity contribution < 1.29 is 4.79 Å². The molecule has 1 rings (SSSR count). The Balaban J connectivity index is 3.11. The van der Waals surface area contributed by atoms with Gasteiger partial charge in [0, 0.05) is 0 Å². The van der Waals surface area contributed by atoms with Gasteiger partial charge in [-0.15, -0.1) is 11.6 Å². The second-order valence-electron chi connectivity index (χ2n) is 2.84. The maximum Gasteiger partial charge on any atom is 0.243 e. The highest BCUT2D eigenvalue weighted by Crippen LogP contribution is 2.18.